The monoisotopic (exact) mass is 720 g/mol. The van der Waals surface area contributed by atoms with Crippen LogP contribution in [0.3, 0.4) is 0 Å². The smallest absolute Gasteiger partial charge is 0.418 e. The summed E-state index contributed by atoms with van der Waals surface area (Å²) in [4.78, 5) is 14.3. The van der Waals surface area contributed by atoms with Gasteiger partial charge >= 0.3 is 12.2 Å². The lowest BCUT2D eigenvalue weighted by molar-refractivity contribution is -0.137. The molecule has 1 N–H and O–H groups in total. The summed E-state index contributed by atoms with van der Waals surface area (Å²) < 4.78 is 54.5. The van der Waals surface area contributed by atoms with Crippen molar-refractivity contribution in [2.75, 3.05) is 44.7 Å². The van der Waals surface area contributed by atoms with Gasteiger partial charge in [0.1, 0.15) is 12.4 Å². The van der Waals surface area contributed by atoms with E-state index in [0.29, 0.717) is 57.9 Å². The molecule has 1 aromatic carbocycles. The SMILES string of the molecule is CCc1nc(OC[C@@H]2CC(O[Si](C)(C)C(C)(C)C)CN2C)nc(N2CCN[C@@H](CC#N)C2)c1CC/C(C)=C\c1cccc(Cl)c1C(F)(F)F. The lowest BCUT2D eigenvalue weighted by Crippen LogP contribution is -2.51. The second-order valence-corrected chi connectivity index (χ2v) is 20.1. The zero-order valence-corrected chi connectivity index (χ0v) is 31.9. The highest BCUT2D eigenvalue weighted by Crippen LogP contribution is 2.40. The molecule has 2 saturated heterocycles. The molecule has 3 heterocycles. The Bertz CT molecular complexity index is 1520. The number of likely N-dealkylation sites (N-methyl/N-ethyl adjacent to an activating group) is 1. The lowest BCUT2D eigenvalue weighted by atomic mass is 9.99. The largest absolute Gasteiger partial charge is 0.462 e. The minimum Gasteiger partial charge on any atom is -0.462 e. The van der Waals surface area contributed by atoms with E-state index in [1.807, 2.05) is 13.8 Å². The Balaban J connectivity index is 1.58. The molecule has 0 spiro atoms. The molecule has 13 heteroatoms. The van der Waals surface area contributed by atoms with Crippen molar-refractivity contribution in [2.24, 2.45) is 0 Å². The Kier molecular flexibility index (Phi) is 12.9. The molecular formula is C36H52ClF3N6O2Si. The maximum atomic E-state index is 13.8. The molecule has 2 aliphatic heterocycles. The number of benzene rings is 1. The molecule has 49 heavy (non-hydrogen) atoms. The fourth-order valence-electron chi connectivity index (χ4n) is 6.33. The molecule has 2 aromatic rings. The number of hydrogen-bond donors (Lipinski definition) is 1. The van der Waals surface area contributed by atoms with Crippen LogP contribution in [0.5, 0.6) is 6.01 Å². The van der Waals surface area contributed by atoms with Crippen molar-refractivity contribution in [1.29, 1.82) is 5.26 Å². The molecule has 3 atom stereocenters. The van der Waals surface area contributed by atoms with Gasteiger partial charge in [-0.15, -0.1) is 0 Å². The molecule has 2 aliphatic rings. The van der Waals surface area contributed by atoms with Crippen molar-refractivity contribution < 1.29 is 22.3 Å². The topological polar surface area (TPSA) is 86.5 Å². The van der Waals surface area contributed by atoms with E-state index in [1.165, 1.54) is 18.2 Å². The van der Waals surface area contributed by atoms with Gasteiger partial charge in [0.05, 0.1) is 34.9 Å². The Labute approximate surface area is 296 Å². The molecule has 0 radical (unpaired) electrons. The van der Waals surface area contributed by atoms with Gasteiger partial charge in [0.2, 0.25) is 0 Å². The summed E-state index contributed by atoms with van der Waals surface area (Å²) in [5.41, 5.74) is 1.79. The van der Waals surface area contributed by atoms with Crippen LogP contribution in [0.1, 0.15) is 76.3 Å². The summed E-state index contributed by atoms with van der Waals surface area (Å²) in [6.07, 6.45) is 0.0645. The van der Waals surface area contributed by atoms with Crippen molar-refractivity contribution in [2.45, 2.75) is 109 Å². The number of nitrogens with zero attached hydrogens (tertiary/aromatic N) is 5. The van der Waals surface area contributed by atoms with Gasteiger partial charge in [-0.25, -0.2) is 0 Å². The van der Waals surface area contributed by atoms with E-state index < -0.39 is 20.1 Å². The minimum absolute atomic E-state index is 0.00812. The number of rotatable bonds is 12. The molecule has 270 valence electrons. The molecule has 4 rings (SSSR count). The molecular weight excluding hydrogens is 669 g/mol. The summed E-state index contributed by atoms with van der Waals surface area (Å²) in [5.74, 6) is 0.761. The zero-order valence-electron chi connectivity index (χ0n) is 30.2. The summed E-state index contributed by atoms with van der Waals surface area (Å²) in [6.45, 7) is 18.5. The zero-order chi connectivity index (χ0) is 36.1. The highest BCUT2D eigenvalue weighted by molar-refractivity contribution is 6.74. The predicted octanol–water partition coefficient (Wildman–Crippen LogP) is 7.91. The Hall–Kier alpha value is -2.69. The number of ether oxygens (including phenoxy) is 1. The van der Waals surface area contributed by atoms with Gasteiger partial charge < -0.3 is 19.4 Å². The fraction of sp³-hybridized carbons (Fsp3) is 0.639. The van der Waals surface area contributed by atoms with Crippen LogP contribution < -0.4 is 15.0 Å². The number of anilines is 1. The van der Waals surface area contributed by atoms with E-state index in [-0.39, 0.29) is 33.8 Å². The van der Waals surface area contributed by atoms with Crippen LogP contribution in [0.4, 0.5) is 19.0 Å². The average Bonchev–Trinajstić information content (AvgIpc) is 3.35. The van der Waals surface area contributed by atoms with E-state index in [9.17, 15) is 18.4 Å². The van der Waals surface area contributed by atoms with Crippen molar-refractivity contribution in [3.63, 3.8) is 0 Å². The number of halogens is 4. The third kappa shape index (κ3) is 9.97. The van der Waals surface area contributed by atoms with Gasteiger partial charge in [-0.1, -0.05) is 63.1 Å². The number of piperazine rings is 1. The minimum atomic E-state index is -4.56. The Morgan fingerprint density at radius 1 is 1.20 bits per heavy atom. The fourth-order valence-corrected chi connectivity index (χ4v) is 7.97. The van der Waals surface area contributed by atoms with Gasteiger partial charge in [0, 0.05) is 43.8 Å². The van der Waals surface area contributed by atoms with E-state index in [1.54, 1.807) is 6.08 Å². The number of hydrogen-bond acceptors (Lipinski definition) is 8. The Morgan fingerprint density at radius 2 is 1.94 bits per heavy atom. The van der Waals surface area contributed by atoms with Crippen LogP contribution in [-0.4, -0.2) is 81.2 Å². The maximum absolute atomic E-state index is 13.8. The summed E-state index contributed by atoms with van der Waals surface area (Å²) in [7, 11) is 0.192. The molecule has 0 bridgehead atoms. The van der Waals surface area contributed by atoms with Crippen LogP contribution in [0.25, 0.3) is 6.08 Å². The van der Waals surface area contributed by atoms with Crippen molar-refractivity contribution in [1.82, 2.24) is 20.2 Å². The van der Waals surface area contributed by atoms with Crippen molar-refractivity contribution in [3.8, 4) is 12.1 Å². The van der Waals surface area contributed by atoms with Crippen LogP contribution >= 0.6 is 11.6 Å². The standard InChI is InChI=1S/C36H52ClF3N6O2Si/c1-9-31-29(14-13-24(2)19-25-11-10-12-30(37)32(25)36(38,39)40)33(46-18-17-42-26(21-46)15-16-41)44-34(43-31)47-23-27-20-28(22-45(27)6)48-49(7,8)35(3,4)5/h10-12,19,26-28,42H,9,13-15,17-18,20-23H2,1-8H3/b24-19-/t26-,27-,28?/m0/s1. The van der Waals surface area contributed by atoms with E-state index in [0.717, 1.165) is 35.6 Å². The van der Waals surface area contributed by atoms with Crippen LogP contribution in [0.15, 0.2) is 23.8 Å². The van der Waals surface area contributed by atoms with Gasteiger partial charge in [-0.2, -0.15) is 28.4 Å². The second-order valence-electron chi connectivity index (χ2n) is 14.9. The predicted molar refractivity (Wildman–Crippen MR) is 193 cm³/mol. The first-order valence-electron chi connectivity index (χ1n) is 17.2. The second kappa shape index (κ2) is 16.1. The van der Waals surface area contributed by atoms with Crippen LogP contribution in [0.2, 0.25) is 23.2 Å². The quantitative estimate of drug-likeness (QED) is 0.222. The van der Waals surface area contributed by atoms with E-state index in [4.69, 9.17) is 30.7 Å². The van der Waals surface area contributed by atoms with E-state index in [2.05, 4.69) is 62.1 Å². The number of aromatic nitrogens is 2. The number of nitrogens with one attached hydrogen (secondary N) is 1. The van der Waals surface area contributed by atoms with Gasteiger partial charge in [-0.3, -0.25) is 4.90 Å². The van der Waals surface area contributed by atoms with E-state index >= 15 is 0 Å². The molecule has 2 fully saturated rings. The highest BCUT2D eigenvalue weighted by atomic mass is 35.5. The summed E-state index contributed by atoms with van der Waals surface area (Å²) in [5, 5.41) is 12.6. The molecule has 1 unspecified atom stereocenters. The first kappa shape index (κ1) is 39.1. The molecule has 0 amide bonds. The maximum Gasteiger partial charge on any atom is 0.418 e. The molecule has 8 nitrogen and oxygen atoms in total. The summed E-state index contributed by atoms with van der Waals surface area (Å²) in [6, 6.07) is 6.96. The van der Waals surface area contributed by atoms with Crippen molar-refractivity contribution >= 4 is 31.8 Å². The summed E-state index contributed by atoms with van der Waals surface area (Å²) >= 11 is 5.97. The van der Waals surface area contributed by atoms with Crippen molar-refractivity contribution in [3.05, 3.63) is 51.2 Å². The lowest BCUT2D eigenvalue weighted by Gasteiger charge is -2.38. The molecule has 0 saturated carbocycles. The van der Waals surface area contributed by atoms with Crippen LogP contribution in [-0.2, 0) is 23.4 Å². The number of allylic oxidation sites excluding steroid dienone is 1. The van der Waals surface area contributed by atoms with Gasteiger partial charge in [0.15, 0.2) is 8.32 Å². The number of aryl methyl sites for hydroxylation is 1. The van der Waals surface area contributed by atoms with Gasteiger partial charge in [-0.05, 0) is 69.4 Å². The normalized spacial score (nSPS) is 21.2. The van der Waals surface area contributed by atoms with Crippen LogP contribution in [0, 0.1) is 11.3 Å². The highest BCUT2D eigenvalue weighted by Gasteiger charge is 2.42. The number of alkyl halides is 3. The Morgan fingerprint density at radius 3 is 2.59 bits per heavy atom. The number of likely N-dealkylation sites (tertiary alicyclic amines) is 1. The third-order valence-corrected chi connectivity index (χ3v) is 15.0. The van der Waals surface area contributed by atoms with Gasteiger partial charge in [0.25, 0.3) is 0 Å². The third-order valence-electron chi connectivity index (χ3n) is 10.1. The first-order chi connectivity index (χ1) is 22.9. The molecule has 0 aliphatic carbocycles. The first-order valence-corrected chi connectivity index (χ1v) is 20.5. The average molecular weight is 721 g/mol. The number of nitriles is 1. The molecule has 1 aromatic heterocycles.